The Hall–Kier alpha value is -2.75. The van der Waals surface area contributed by atoms with Gasteiger partial charge in [0.05, 0.1) is 25.3 Å². The van der Waals surface area contributed by atoms with Gasteiger partial charge in [-0.2, -0.15) is 0 Å². The zero-order chi connectivity index (χ0) is 18.2. The van der Waals surface area contributed by atoms with Crippen molar-refractivity contribution in [3.8, 4) is 0 Å². The molecule has 4 N–H and O–H groups in total. The number of aliphatic carboxylic acids is 1. The molecule has 25 heavy (non-hydrogen) atoms. The molecule has 1 saturated heterocycles. The molecule has 3 rings (SSSR count). The Morgan fingerprint density at radius 2 is 2.12 bits per heavy atom. The molecule has 10 heteroatoms. The van der Waals surface area contributed by atoms with Gasteiger partial charge in [-0.25, -0.2) is 15.0 Å². The van der Waals surface area contributed by atoms with Crippen molar-refractivity contribution in [3.63, 3.8) is 0 Å². The largest absolute Gasteiger partial charge is 0.481 e. The third kappa shape index (κ3) is 3.25. The Kier molecular flexibility index (Phi) is 4.29. The molecule has 0 radical (unpaired) electrons. The Labute approximate surface area is 143 Å². The van der Waals surface area contributed by atoms with Gasteiger partial charge in [-0.3, -0.25) is 9.59 Å². The molecule has 2 aromatic heterocycles. The van der Waals surface area contributed by atoms with Gasteiger partial charge in [0, 0.05) is 13.0 Å². The predicted octanol–water partition coefficient (Wildman–Crippen LogP) is -0.202. The minimum Gasteiger partial charge on any atom is -0.481 e. The van der Waals surface area contributed by atoms with E-state index in [4.69, 9.17) is 10.8 Å². The molecular weight excluding hydrogens is 328 g/mol. The van der Waals surface area contributed by atoms with Gasteiger partial charge in [-0.1, -0.05) is 0 Å². The number of piperidine rings is 1. The molecule has 0 aromatic carbocycles. The molecule has 0 unspecified atom stereocenters. The Bertz CT molecular complexity index is 817. The lowest BCUT2D eigenvalue weighted by Gasteiger charge is -2.43. The third-order valence-electron chi connectivity index (χ3n) is 4.53. The lowest BCUT2D eigenvalue weighted by Crippen LogP contribution is -2.54. The maximum atomic E-state index is 12.1. The van der Waals surface area contributed by atoms with E-state index in [1.54, 1.807) is 17.8 Å². The minimum absolute atomic E-state index is 0.0756. The van der Waals surface area contributed by atoms with Crippen LogP contribution >= 0.6 is 0 Å². The molecule has 134 valence electrons. The van der Waals surface area contributed by atoms with Crippen LogP contribution in [0, 0.1) is 0 Å². The van der Waals surface area contributed by atoms with Crippen molar-refractivity contribution in [1.29, 1.82) is 0 Å². The average molecular weight is 348 g/mol. The van der Waals surface area contributed by atoms with Crippen LogP contribution in [-0.4, -0.2) is 65.2 Å². The molecule has 2 atom stereocenters. The van der Waals surface area contributed by atoms with Crippen molar-refractivity contribution in [3.05, 3.63) is 12.7 Å². The first-order valence-corrected chi connectivity index (χ1v) is 7.94. The molecule has 10 nitrogen and oxygen atoms in total. The van der Waals surface area contributed by atoms with Crippen LogP contribution in [-0.2, 0) is 9.59 Å². The number of carbonyl (C=O) groups excluding carboxylic acids is 1. The molecule has 0 spiro atoms. The first-order chi connectivity index (χ1) is 11.8. The number of likely N-dealkylation sites (tertiary alicyclic amines) is 1. The number of nitrogens with zero attached hydrogens (tertiary/aromatic N) is 5. The van der Waals surface area contributed by atoms with E-state index >= 15 is 0 Å². The number of hydrogen-bond acceptors (Lipinski definition) is 7. The van der Waals surface area contributed by atoms with Crippen molar-refractivity contribution in [2.45, 2.75) is 37.8 Å². The number of aliphatic hydroxyl groups is 1. The second kappa shape index (κ2) is 6.28. The van der Waals surface area contributed by atoms with E-state index in [0.29, 0.717) is 24.1 Å². The number of anilines is 1. The second-order valence-corrected chi connectivity index (χ2v) is 6.45. The quantitative estimate of drug-likeness (QED) is 0.688. The van der Waals surface area contributed by atoms with Gasteiger partial charge in [0.1, 0.15) is 17.4 Å². The summed E-state index contributed by atoms with van der Waals surface area (Å²) in [6.07, 6.45) is 3.10. The number of amides is 1. The molecule has 1 aliphatic heterocycles. The van der Waals surface area contributed by atoms with Gasteiger partial charge in [0.15, 0.2) is 11.5 Å². The van der Waals surface area contributed by atoms with E-state index in [2.05, 4.69) is 15.0 Å². The van der Waals surface area contributed by atoms with Gasteiger partial charge in [0.25, 0.3) is 0 Å². The van der Waals surface area contributed by atoms with Crippen LogP contribution in [0.15, 0.2) is 12.7 Å². The standard InChI is InChI=1S/C15H20N6O4/c1-15(25)6-20(10(22)2-3-11(23)24)5-4-9(15)21-8-19-12-13(16)17-7-18-14(12)21/h7-9,25H,2-6H2,1H3,(H,23,24)(H2,16,17,18)/t9-,15-/m1/s1. The van der Waals surface area contributed by atoms with Crippen LogP contribution in [0.4, 0.5) is 5.82 Å². The molecule has 1 amide bonds. The van der Waals surface area contributed by atoms with Gasteiger partial charge in [-0.15, -0.1) is 0 Å². The average Bonchev–Trinajstić information content (AvgIpc) is 2.96. The maximum Gasteiger partial charge on any atom is 0.303 e. The van der Waals surface area contributed by atoms with Crippen LogP contribution in [0.25, 0.3) is 11.2 Å². The van der Waals surface area contributed by atoms with Crippen molar-refractivity contribution in [2.24, 2.45) is 0 Å². The number of carboxylic acids is 1. The van der Waals surface area contributed by atoms with Gasteiger partial charge < -0.3 is 25.4 Å². The van der Waals surface area contributed by atoms with E-state index < -0.39 is 11.6 Å². The zero-order valence-electron chi connectivity index (χ0n) is 13.8. The first-order valence-electron chi connectivity index (χ1n) is 7.94. The molecule has 2 aromatic rings. The van der Waals surface area contributed by atoms with Crippen molar-refractivity contribution in [1.82, 2.24) is 24.4 Å². The first kappa shape index (κ1) is 17.1. The highest BCUT2D eigenvalue weighted by molar-refractivity contribution is 5.82. The predicted molar refractivity (Wildman–Crippen MR) is 87.5 cm³/mol. The number of imidazole rings is 1. The second-order valence-electron chi connectivity index (χ2n) is 6.45. The van der Waals surface area contributed by atoms with E-state index in [1.807, 2.05) is 0 Å². The summed E-state index contributed by atoms with van der Waals surface area (Å²) in [6.45, 7) is 2.17. The van der Waals surface area contributed by atoms with Gasteiger partial charge >= 0.3 is 5.97 Å². The normalized spacial score (nSPS) is 23.8. The molecule has 1 fully saturated rings. The molecule has 0 saturated carbocycles. The molecule has 0 aliphatic carbocycles. The number of aromatic nitrogens is 4. The summed E-state index contributed by atoms with van der Waals surface area (Å²) < 4.78 is 1.76. The number of nitrogen functional groups attached to an aromatic ring is 1. The van der Waals surface area contributed by atoms with Gasteiger partial charge in [-0.05, 0) is 13.3 Å². The maximum absolute atomic E-state index is 12.1. The Morgan fingerprint density at radius 1 is 1.36 bits per heavy atom. The molecule has 3 heterocycles. The Balaban J connectivity index is 1.80. The fourth-order valence-corrected chi connectivity index (χ4v) is 3.28. The summed E-state index contributed by atoms with van der Waals surface area (Å²) in [5.41, 5.74) is 5.58. The smallest absolute Gasteiger partial charge is 0.303 e. The van der Waals surface area contributed by atoms with Gasteiger partial charge in [0.2, 0.25) is 5.91 Å². The number of rotatable bonds is 4. The summed E-state index contributed by atoms with van der Waals surface area (Å²) in [7, 11) is 0. The highest BCUT2D eigenvalue weighted by Crippen LogP contribution is 2.34. The summed E-state index contributed by atoms with van der Waals surface area (Å²) in [5, 5.41) is 19.6. The summed E-state index contributed by atoms with van der Waals surface area (Å²) in [4.78, 5) is 36.6. The van der Waals surface area contributed by atoms with Crippen molar-refractivity contribution in [2.75, 3.05) is 18.8 Å². The lowest BCUT2D eigenvalue weighted by atomic mass is 9.88. The van der Waals surface area contributed by atoms with Crippen LogP contribution in [0.2, 0.25) is 0 Å². The SMILES string of the molecule is C[C@@]1(O)CN(C(=O)CCC(=O)O)CC[C@H]1n1cnc2c(N)ncnc21. The fraction of sp³-hybridized carbons (Fsp3) is 0.533. The molecule has 0 bridgehead atoms. The number of carbonyl (C=O) groups is 2. The Morgan fingerprint density at radius 3 is 2.80 bits per heavy atom. The number of β-amino-alcohol motifs (C(OH)–C–C–N with tert-alkyl or cyclic N) is 1. The third-order valence-corrected chi connectivity index (χ3v) is 4.53. The molecule has 1 aliphatic rings. The van der Waals surface area contributed by atoms with E-state index in [-0.39, 0.29) is 37.2 Å². The van der Waals surface area contributed by atoms with Crippen LogP contribution in [0.5, 0.6) is 0 Å². The zero-order valence-corrected chi connectivity index (χ0v) is 13.8. The van der Waals surface area contributed by atoms with E-state index in [1.165, 1.54) is 11.2 Å². The van der Waals surface area contributed by atoms with E-state index in [0.717, 1.165) is 0 Å². The fourth-order valence-electron chi connectivity index (χ4n) is 3.28. The topological polar surface area (TPSA) is 147 Å². The minimum atomic E-state index is -1.22. The number of carboxylic acid groups (broad SMARTS) is 1. The van der Waals surface area contributed by atoms with Crippen LogP contribution in [0.1, 0.15) is 32.2 Å². The monoisotopic (exact) mass is 348 g/mol. The molecular formula is C15H20N6O4. The summed E-state index contributed by atoms with van der Waals surface area (Å²) in [5.74, 6) is -1.02. The summed E-state index contributed by atoms with van der Waals surface area (Å²) in [6, 6.07) is -0.338. The lowest BCUT2D eigenvalue weighted by molar-refractivity contribution is -0.145. The summed E-state index contributed by atoms with van der Waals surface area (Å²) >= 11 is 0. The van der Waals surface area contributed by atoms with Crippen molar-refractivity contribution < 1.29 is 19.8 Å². The van der Waals surface area contributed by atoms with Crippen molar-refractivity contribution >= 4 is 28.9 Å². The highest BCUT2D eigenvalue weighted by Gasteiger charge is 2.41. The van der Waals surface area contributed by atoms with E-state index in [9.17, 15) is 14.7 Å². The number of nitrogens with two attached hydrogens (primary N) is 1. The van der Waals surface area contributed by atoms with Crippen LogP contribution in [0.3, 0.4) is 0 Å². The highest BCUT2D eigenvalue weighted by atomic mass is 16.4. The number of hydrogen-bond donors (Lipinski definition) is 3. The van der Waals surface area contributed by atoms with Crippen LogP contribution < -0.4 is 5.73 Å². The number of fused-ring (bicyclic) bond motifs is 1.